The van der Waals surface area contributed by atoms with Gasteiger partial charge in [0.05, 0.1) is 7.11 Å². The largest absolute Gasteiger partial charge is 0.497 e. The predicted octanol–water partition coefficient (Wildman–Crippen LogP) is 4.38. The highest BCUT2D eigenvalue weighted by atomic mass is 16.5. The molecule has 0 fully saturated rings. The van der Waals surface area contributed by atoms with E-state index in [0.717, 1.165) is 11.1 Å². The Balaban J connectivity index is 1.56. The first-order valence-electron chi connectivity index (χ1n) is 9.43. The van der Waals surface area contributed by atoms with E-state index in [9.17, 15) is 9.59 Å². The van der Waals surface area contributed by atoms with Crippen molar-refractivity contribution in [2.75, 3.05) is 19.0 Å². The van der Waals surface area contributed by atoms with Gasteiger partial charge in [0.25, 0.3) is 5.91 Å². The number of ether oxygens (including phenoxy) is 3. The summed E-state index contributed by atoms with van der Waals surface area (Å²) in [5.41, 5.74) is 2.98. The van der Waals surface area contributed by atoms with Gasteiger partial charge < -0.3 is 19.5 Å². The van der Waals surface area contributed by atoms with Crippen molar-refractivity contribution >= 4 is 17.6 Å². The predicted molar refractivity (Wildman–Crippen MR) is 114 cm³/mol. The van der Waals surface area contributed by atoms with Crippen LogP contribution in [-0.4, -0.2) is 25.6 Å². The number of carbonyl (C=O) groups is 2. The van der Waals surface area contributed by atoms with Crippen LogP contribution in [0.25, 0.3) is 0 Å². The molecule has 3 aromatic carbocycles. The minimum Gasteiger partial charge on any atom is -0.497 e. The molecule has 0 aliphatic heterocycles. The average Bonchev–Trinajstić information content (AvgIpc) is 2.77. The van der Waals surface area contributed by atoms with Crippen molar-refractivity contribution in [3.63, 3.8) is 0 Å². The lowest BCUT2D eigenvalue weighted by Gasteiger charge is -2.12. The second-order valence-corrected chi connectivity index (χ2v) is 6.63. The van der Waals surface area contributed by atoms with Gasteiger partial charge in [-0.3, -0.25) is 4.79 Å². The van der Waals surface area contributed by atoms with E-state index < -0.39 is 18.5 Å². The third-order valence-corrected chi connectivity index (χ3v) is 4.29. The van der Waals surface area contributed by atoms with E-state index in [2.05, 4.69) is 5.32 Å². The van der Waals surface area contributed by atoms with Crippen LogP contribution in [0, 0.1) is 6.92 Å². The van der Waals surface area contributed by atoms with Crippen molar-refractivity contribution < 1.29 is 23.8 Å². The Morgan fingerprint density at radius 1 is 0.933 bits per heavy atom. The standard InChI is InChI=1S/C24H23NO5/c1-17-6-5-7-18(14-17)15-29-22-9-4-3-8-21(22)24(27)30-16-23(26)25-19-10-12-20(28-2)13-11-19/h3-14H,15-16H2,1-2H3,(H,25,26). The van der Waals surface area contributed by atoms with Crippen LogP contribution in [0.15, 0.2) is 72.8 Å². The van der Waals surface area contributed by atoms with Crippen LogP contribution in [0.3, 0.4) is 0 Å². The summed E-state index contributed by atoms with van der Waals surface area (Å²) in [7, 11) is 1.56. The van der Waals surface area contributed by atoms with Gasteiger partial charge >= 0.3 is 5.97 Å². The molecule has 0 spiro atoms. The summed E-state index contributed by atoms with van der Waals surface area (Å²) in [6, 6.07) is 21.6. The summed E-state index contributed by atoms with van der Waals surface area (Å²) < 4.78 is 16.0. The molecule has 30 heavy (non-hydrogen) atoms. The van der Waals surface area contributed by atoms with Gasteiger partial charge in [-0.2, -0.15) is 0 Å². The Kier molecular flexibility index (Phi) is 7.05. The zero-order valence-electron chi connectivity index (χ0n) is 16.9. The molecular formula is C24H23NO5. The lowest BCUT2D eigenvalue weighted by molar-refractivity contribution is -0.119. The van der Waals surface area contributed by atoms with Crippen molar-refractivity contribution in [2.24, 2.45) is 0 Å². The molecule has 0 atom stereocenters. The number of aryl methyl sites for hydroxylation is 1. The first-order chi connectivity index (χ1) is 14.5. The highest BCUT2D eigenvalue weighted by Gasteiger charge is 2.15. The van der Waals surface area contributed by atoms with Crippen LogP contribution in [-0.2, 0) is 16.1 Å². The van der Waals surface area contributed by atoms with Crippen molar-refractivity contribution in [3.05, 3.63) is 89.5 Å². The van der Waals surface area contributed by atoms with Gasteiger partial charge in [0.1, 0.15) is 23.7 Å². The van der Waals surface area contributed by atoms with Gasteiger partial charge in [0.2, 0.25) is 0 Å². The van der Waals surface area contributed by atoms with Crippen molar-refractivity contribution in [2.45, 2.75) is 13.5 Å². The SMILES string of the molecule is COc1ccc(NC(=O)COC(=O)c2ccccc2OCc2cccc(C)c2)cc1. The zero-order chi connectivity index (χ0) is 21.3. The van der Waals surface area contributed by atoms with Crippen molar-refractivity contribution in [3.8, 4) is 11.5 Å². The third kappa shape index (κ3) is 5.85. The number of nitrogens with one attached hydrogen (secondary N) is 1. The number of anilines is 1. The number of para-hydroxylation sites is 1. The fraction of sp³-hybridized carbons (Fsp3) is 0.167. The second kappa shape index (κ2) is 10.1. The van der Waals surface area contributed by atoms with Crippen molar-refractivity contribution in [1.29, 1.82) is 0 Å². The molecule has 1 amide bonds. The summed E-state index contributed by atoms with van der Waals surface area (Å²) in [5.74, 6) is 0.0210. The molecule has 0 saturated carbocycles. The van der Waals surface area contributed by atoms with E-state index in [0.29, 0.717) is 23.8 Å². The number of carbonyl (C=O) groups excluding carboxylic acids is 2. The normalized spacial score (nSPS) is 10.2. The molecule has 0 heterocycles. The molecule has 1 N–H and O–H groups in total. The molecule has 6 heteroatoms. The number of esters is 1. The second-order valence-electron chi connectivity index (χ2n) is 6.63. The summed E-state index contributed by atoms with van der Waals surface area (Å²) in [6.45, 7) is 1.92. The molecule has 0 saturated heterocycles. The summed E-state index contributed by atoms with van der Waals surface area (Å²) >= 11 is 0. The van der Waals surface area contributed by atoms with E-state index in [-0.39, 0.29) is 5.56 Å². The third-order valence-electron chi connectivity index (χ3n) is 4.29. The van der Waals surface area contributed by atoms with Gasteiger partial charge in [-0.25, -0.2) is 4.79 Å². The Morgan fingerprint density at radius 3 is 2.43 bits per heavy atom. The van der Waals surface area contributed by atoms with E-state index in [4.69, 9.17) is 14.2 Å². The quantitative estimate of drug-likeness (QED) is 0.563. The fourth-order valence-electron chi connectivity index (χ4n) is 2.80. The minimum atomic E-state index is -0.625. The first kappa shape index (κ1) is 20.9. The number of hydrogen-bond acceptors (Lipinski definition) is 5. The van der Waals surface area contributed by atoms with Crippen LogP contribution in [0.4, 0.5) is 5.69 Å². The Labute approximate surface area is 175 Å². The molecule has 6 nitrogen and oxygen atoms in total. The molecule has 3 rings (SSSR count). The Morgan fingerprint density at radius 2 is 1.70 bits per heavy atom. The molecule has 3 aromatic rings. The summed E-state index contributed by atoms with van der Waals surface area (Å²) in [5, 5.41) is 2.66. The van der Waals surface area contributed by atoms with Crippen LogP contribution in [0.2, 0.25) is 0 Å². The van der Waals surface area contributed by atoms with Crippen LogP contribution >= 0.6 is 0 Å². The van der Waals surface area contributed by atoms with Crippen molar-refractivity contribution in [1.82, 2.24) is 0 Å². The maximum atomic E-state index is 12.5. The van der Waals surface area contributed by atoms with Gasteiger partial charge in [0.15, 0.2) is 6.61 Å². The number of benzene rings is 3. The molecule has 0 unspecified atom stereocenters. The molecular weight excluding hydrogens is 382 g/mol. The molecule has 0 aliphatic rings. The highest BCUT2D eigenvalue weighted by molar-refractivity contribution is 5.96. The van der Waals surface area contributed by atoms with E-state index >= 15 is 0 Å². The Hall–Kier alpha value is -3.80. The van der Waals surface area contributed by atoms with E-state index in [1.54, 1.807) is 55.6 Å². The van der Waals surface area contributed by atoms with Crippen LogP contribution in [0.5, 0.6) is 11.5 Å². The maximum absolute atomic E-state index is 12.5. The molecule has 0 radical (unpaired) electrons. The number of hydrogen-bond donors (Lipinski definition) is 1. The number of amides is 1. The zero-order valence-corrected chi connectivity index (χ0v) is 16.9. The van der Waals surface area contributed by atoms with Gasteiger partial charge in [0, 0.05) is 5.69 Å². The van der Waals surface area contributed by atoms with E-state index in [1.807, 2.05) is 31.2 Å². The topological polar surface area (TPSA) is 73.9 Å². The highest BCUT2D eigenvalue weighted by Crippen LogP contribution is 2.21. The first-order valence-corrected chi connectivity index (χ1v) is 9.43. The van der Waals surface area contributed by atoms with Crippen LogP contribution in [0.1, 0.15) is 21.5 Å². The summed E-state index contributed by atoms with van der Waals surface area (Å²) in [4.78, 5) is 24.6. The average molecular weight is 405 g/mol. The minimum absolute atomic E-state index is 0.266. The van der Waals surface area contributed by atoms with E-state index in [1.165, 1.54) is 0 Å². The number of methoxy groups -OCH3 is 1. The molecule has 0 aliphatic carbocycles. The van der Waals surface area contributed by atoms with Gasteiger partial charge in [-0.15, -0.1) is 0 Å². The van der Waals surface area contributed by atoms with Gasteiger partial charge in [-0.1, -0.05) is 42.0 Å². The maximum Gasteiger partial charge on any atom is 0.342 e. The summed E-state index contributed by atoms with van der Waals surface area (Å²) in [6.07, 6.45) is 0. The lowest BCUT2D eigenvalue weighted by Crippen LogP contribution is -2.21. The number of rotatable bonds is 8. The van der Waals surface area contributed by atoms with Crippen LogP contribution < -0.4 is 14.8 Å². The molecule has 154 valence electrons. The van der Waals surface area contributed by atoms with Gasteiger partial charge in [-0.05, 0) is 48.9 Å². The Bertz CT molecular complexity index is 1010. The fourth-order valence-corrected chi connectivity index (χ4v) is 2.80. The lowest BCUT2D eigenvalue weighted by atomic mass is 10.1. The molecule has 0 aromatic heterocycles. The monoisotopic (exact) mass is 405 g/mol. The smallest absolute Gasteiger partial charge is 0.342 e. The molecule has 0 bridgehead atoms.